The van der Waals surface area contributed by atoms with E-state index in [4.69, 9.17) is 9.47 Å². The Morgan fingerprint density at radius 1 is 1.43 bits per heavy atom. The summed E-state index contributed by atoms with van der Waals surface area (Å²) >= 11 is 0. The highest BCUT2D eigenvalue weighted by atomic mass is 16.5. The molecular weight excluding hydrogens is 268 g/mol. The summed E-state index contributed by atoms with van der Waals surface area (Å²) in [4.78, 5) is 14.7. The van der Waals surface area contributed by atoms with Gasteiger partial charge in [-0.05, 0) is 40.2 Å². The van der Waals surface area contributed by atoms with Gasteiger partial charge in [0.05, 0.1) is 19.3 Å². The molecule has 124 valence electrons. The monoisotopic (exact) mass is 300 g/mol. The van der Waals surface area contributed by atoms with Crippen molar-refractivity contribution in [2.24, 2.45) is 0 Å². The van der Waals surface area contributed by atoms with E-state index in [1.165, 1.54) is 0 Å². The third-order valence-corrected chi connectivity index (χ3v) is 4.06. The fraction of sp³-hybridized carbons (Fsp3) is 0.938. The molecule has 0 radical (unpaired) electrons. The van der Waals surface area contributed by atoms with Crippen LogP contribution in [0.15, 0.2) is 0 Å². The van der Waals surface area contributed by atoms with E-state index >= 15 is 0 Å². The van der Waals surface area contributed by atoms with Crippen molar-refractivity contribution in [3.63, 3.8) is 0 Å². The highest BCUT2D eigenvalue weighted by Gasteiger charge is 2.39. The van der Waals surface area contributed by atoms with Crippen LogP contribution in [0.1, 0.15) is 47.5 Å². The Morgan fingerprint density at radius 3 is 2.71 bits per heavy atom. The van der Waals surface area contributed by atoms with Crippen molar-refractivity contribution < 1.29 is 14.3 Å². The third kappa shape index (κ3) is 5.24. The van der Waals surface area contributed by atoms with Gasteiger partial charge >= 0.3 is 5.97 Å². The molecule has 0 saturated carbocycles. The maximum atomic E-state index is 12.4. The van der Waals surface area contributed by atoms with E-state index in [0.717, 1.165) is 32.5 Å². The van der Waals surface area contributed by atoms with E-state index in [-0.39, 0.29) is 12.1 Å². The zero-order valence-electron chi connectivity index (χ0n) is 14.3. The molecule has 21 heavy (non-hydrogen) atoms. The average molecular weight is 300 g/mol. The summed E-state index contributed by atoms with van der Waals surface area (Å²) in [5.74, 6) is -0.160. The van der Waals surface area contributed by atoms with Crippen LogP contribution in [-0.4, -0.2) is 61.4 Å². The second-order valence-electron chi connectivity index (χ2n) is 6.11. The van der Waals surface area contributed by atoms with Gasteiger partial charge in [-0.1, -0.05) is 13.8 Å². The van der Waals surface area contributed by atoms with Gasteiger partial charge in [0.2, 0.25) is 0 Å². The molecule has 0 aliphatic carbocycles. The smallest absolute Gasteiger partial charge is 0.327 e. The van der Waals surface area contributed by atoms with Gasteiger partial charge in [0.1, 0.15) is 5.54 Å². The van der Waals surface area contributed by atoms with E-state index in [0.29, 0.717) is 19.2 Å². The van der Waals surface area contributed by atoms with Gasteiger partial charge in [-0.25, -0.2) is 0 Å². The van der Waals surface area contributed by atoms with Crippen LogP contribution in [0.4, 0.5) is 0 Å². The summed E-state index contributed by atoms with van der Waals surface area (Å²) in [6, 6.07) is 0.373. The van der Waals surface area contributed by atoms with Crippen LogP contribution < -0.4 is 5.32 Å². The van der Waals surface area contributed by atoms with Crippen LogP contribution >= 0.6 is 0 Å². The lowest BCUT2D eigenvalue weighted by Gasteiger charge is -2.42. The zero-order valence-corrected chi connectivity index (χ0v) is 14.3. The number of hydrogen-bond donors (Lipinski definition) is 1. The zero-order chi connectivity index (χ0) is 15.9. The van der Waals surface area contributed by atoms with Crippen LogP contribution in [0.2, 0.25) is 0 Å². The van der Waals surface area contributed by atoms with Gasteiger partial charge in [-0.2, -0.15) is 0 Å². The van der Waals surface area contributed by atoms with E-state index < -0.39 is 5.54 Å². The lowest BCUT2D eigenvalue weighted by molar-refractivity contribution is -0.153. The molecule has 3 unspecified atom stereocenters. The molecule has 0 amide bonds. The number of morpholine rings is 1. The second kappa shape index (κ2) is 8.71. The van der Waals surface area contributed by atoms with Gasteiger partial charge < -0.3 is 14.8 Å². The number of esters is 1. The quantitative estimate of drug-likeness (QED) is 0.693. The molecule has 1 N–H and O–H groups in total. The van der Waals surface area contributed by atoms with Gasteiger partial charge in [-0.3, -0.25) is 9.69 Å². The molecule has 0 aromatic carbocycles. The molecule has 0 spiro atoms. The molecule has 3 atom stereocenters. The Bertz CT molecular complexity index is 325. The van der Waals surface area contributed by atoms with Gasteiger partial charge in [0, 0.05) is 19.1 Å². The highest BCUT2D eigenvalue weighted by Crippen LogP contribution is 2.19. The predicted octanol–water partition coefficient (Wildman–Crippen LogP) is 1.81. The van der Waals surface area contributed by atoms with E-state index in [1.54, 1.807) is 0 Å². The minimum Gasteiger partial charge on any atom is -0.465 e. The summed E-state index contributed by atoms with van der Waals surface area (Å²) in [6.45, 7) is 13.6. The van der Waals surface area contributed by atoms with Gasteiger partial charge in [0.25, 0.3) is 0 Å². The first-order valence-corrected chi connectivity index (χ1v) is 8.24. The molecule has 5 heteroatoms. The van der Waals surface area contributed by atoms with Crippen molar-refractivity contribution >= 4 is 5.97 Å². The van der Waals surface area contributed by atoms with E-state index in [2.05, 4.69) is 31.0 Å². The minimum atomic E-state index is -0.656. The van der Waals surface area contributed by atoms with Gasteiger partial charge in [0.15, 0.2) is 0 Å². The largest absolute Gasteiger partial charge is 0.465 e. The highest BCUT2D eigenvalue weighted by molar-refractivity contribution is 5.80. The Morgan fingerprint density at radius 2 is 2.14 bits per heavy atom. The molecule has 5 nitrogen and oxygen atoms in total. The first-order chi connectivity index (χ1) is 9.96. The summed E-state index contributed by atoms with van der Waals surface area (Å²) in [6.07, 6.45) is 2.23. The van der Waals surface area contributed by atoms with Crippen LogP contribution in [-0.2, 0) is 14.3 Å². The number of carbonyl (C=O) groups excluding carboxylic acids is 1. The number of rotatable bonds is 8. The third-order valence-electron chi connectivity index (χ3n) is 4.06. The number of carbonyl (C=O) groups is 1. The van der Waals surface area contributed by atoms with Crippen LogP contribution in [0, 0.1) is 0 Å². The molecule has 0 bridgehead atoms. The molecule has 0 aromatic heterocycles. The predicted molar refractivity (Wildman–Crippen MR) is 84.4 cm³/mol. The lowest BCUT2D eigenvalue weighted by atomic mass is 9.98. The molecule has 1 aliphatic rings. The Kier molecular flexibility index (Phi) is 7.63. The molecule has 0 aromatic rings. The van der Waals surface area contributed by atoms with Crippen LogP contribution in [0.5, 0.6) is 0 Å². The standard InChI is InChI=1S/C16H32N2O3/c1-6-9-17-16(5,15(19)20-8-3)12-18-10-13(4)21-11-14(18)7-2/h13-14,17H,6-12H2,1-5H3. The molecule has 1 saturated heterocycles. The normalized spacial score (nSPS) is 26.3. The lowest BCUT2D eigenvalue weighted by Crippen LogP contribution is -2.61. The number of hydrogen-bond acceptors (Lipinski definition) is 5. The number of nitrogens with one attached hydrogen (secondary N) is 1. The fourth-order valence-electron chi connectivity index (χ4n) is 2.77. The average Bonchev–Trinajstić information content (AvgIpc) is 2.45. The summed E-state index contributed by atoms with van der Waals surface area (Å²) in [7, 11) is 0. The maximum Gasteiger partial charge on any atom is 0.327 e. The molecular formula is C16H32N2O3. The van der Waals surface area contributed by atoms with Crippen LogP contribution in [0.3, 0.4) is 0 Å². The van der Waals surface area contributed by atoms with Crippen molar-refractivity contribution in [1.82, 2.24) is 10.2 Å². The topological polar surface area (TPSA) is 50.8 Å². The van der Waals surface area contributed by atoms with Crippen molar-refractivity contribution in [2.75, 3.05) is 32.8 Å². The van der Waals surface area contributed by atoms with E-state index in [1.807, 2.05) is 13.8 Å². The van der Waals surface area contributed by atoms with Gasteiger partial charge in [-0.15, -0.1) is 0 Å². The second-order valence-corrected chi connectivity index (χ2v) is 6.11. The fourth-order valence-corrected chi connectivity index (χ4v) is 2.77. The summed E-state index contributed by atoms with van der Waals surface area (Å²) < 4.78 is 11.0. The van der Waals surface area contributed by atoms with Crippen molar-refractivity contribution in [3.05, 3.63) is 0 Å². The van der Waals surface area contributed by atoms with Crippen molar-refractivity contribution in [2.45, 2.75) is 65.1 Å². The summed E-state index contributed by atoms with van der Waals surface area (Å²) in [5, 5.41) is 3.38. The molecule has 1 fully saturated rings. The SMILES string of the molecule is CCCNC(C)(CN1CC(C)OCC1CC)C(=O)OCC. The maximum absolute atomic E-state index is 12.4. The van der Waals surface area contributed by atoms with Crippen LogP contribution in [0.25, 0.3) is 0 Å². The number of ether oxygens (including phenoxy) is 2. The Hall–Kier alpha value is -0.650. The first-order valence-electron chi connectivity index (χ1n) is 8.24. The Balaban J connectivity index is 2.79. The van der Waals surface area contributed by atoms with Crippen molar-refractivity contribution in [1.29, 1.82) is 0 Å². The van der Waals surface area contributed by atoms with E-state index in [9.17, 15) is 4.79 Å². The van der Waals surface area contributed by atoms with Crippen molar-refractivity contribution in [3.8, 4) is 0 Å². The molecule has 1 rings (SSSR count). The summed E-state index contributed by atoms with van der Waals surface area (Å²) in [5.41, 5.74) is -0.656. The Labute approximate surface area is 129 Å². The minimum absolute atomic E-state index is 0.160. The first kappa shape index (κ1) is 18.4. The molecule has 1 aliphatic heterocycles. The number of nitrogens with zero attached hydrogens (tertiary/aromatic N) is 1. The molecule has 1 heterocycles.